The van der Waals surface area contributed by atoms with Crippen LogP contribution in [0.15, 0.2) is 140 Å². The number of benzene rings is 5. The molecule has 0 N–H and O–H groups in total. The van der Waals surface area contributed by atoms with Crippen molar-refractivity contribution < 1.29 is 9.59 Å². The van der Waals surface area contributed by atoms with E-state index in [9.17, 15) is 9.59 Å². The number of carbonyl (C=O) groups excluding carboxylic acids is 2. The minimum Gasteiger partial charge on any atom is -0.294 e. The van der Waals surface area contributed by atoms with Crippen LogP contribution < -0.4 is 0 Å². The zero-order chi connectivity index (χ0) is 35.9. The van der Waals surface area contributed by atoms with Gasteiger partial charge >= 0.3 is 0 Å². The van der Waals surface area contributed by atoms with Crippen LogP contribution in [0.1, 0.15) is 145 Å². The highest BCUT2D eigenvalue weighted by molar-refractivity contribution is 6.06. The smallest absolute Gasteiger partial charge is 0.185 e. The molecule has 6 rings (SSSR count). The average molecular weight is 663 g/mol. The summed E-state index contributed by atoms with van der Waals surface area (Å²) in [6.07, 6.45) is 7.57. The lowest BCUT2D eigenvalue weighted by molar-refractivity contribution is 0.0990. The Labute approximate surface area is 301 Å². The monoisotopic (exact) mass is 662 g/mol. The van der Waals surface area contributed by atoms with Crippen LogP contribution in [-0.4, -0.2) is 11.6 Å². The molecule has 0 radical (unpaired) electrons. The Morgan fingerprint density at radius 1 is 0.620 bits per heavy atom. The summed E-state index contributed by atoms with van der Waals surface area (Å²) in [6.45, 7) is 13.3. The lowest BCUT2D eigenvalue weighted by Gasteiger charge is -2.15. The van der Waals surface area contributed by atoms with E-state index in [1.165, 1.54) is 34.2 Å². The van der Waals surface area contributed by atoms with E-state index in [4.69, 9.17) is 0 Å². The summed E-state index contributed by atoms with van der Waals surface area (Å²) in [5.74, 6) is 2.37. The minimum atomic E-state index is 0.0459. The van der Waals surface area contributed by atoms with Crippen LogP contribution in [0, 0.1) is 0 Å². The molecule has 4 atom stereocenters. The second-order valence-electron chi connectivity index (χ2n) is 13.5. The number of carbonyl (C=O) groups is 2. The molecule has 0 saturated heterocycles. The van der Waals surface area contributed by atoms with E-state index in [1.54, 1.807) is 6.08 Å². The fourth-order valence-corrected chi connectivity index (χ4v) is 6.11. The number of hydrogen-bond acceptors (Lipinski definition) is 2. The van der Waals surface area contributed by atoms with Gasteiger partial charge < -0.3 is 0 Å². The van der Waals surface area contributed by atoms with Gasteiger partial charge in [0.25, 0.3) is 0 Å². The third-order valence-corrected chi connectivity index (χ3v) is 10.1. The van der Waals surface area contributed by atoms with E-state index in [-0.39, 0.29) is 17.5 Å². The van der Waals surface area contributed by atoms with Crippen molar-refractivity contribution in [1.82, 2.24) is 0 Å². The number of fused-ring (bicyclic) bond motifs is 1. The van der Waals surface area contributed by atoms with Crippen molar-refractivity contribution in [3.63, 3.8) is 0 Å². The molecule has 1 aliphatic carbocycles. The maximum absolute atomic E-state index is 12.2. The van der Waals surface area contributed by atoms with Gasteiger partial charge in [0, 0.05) is 23.5 Å². The van der Waals surface area contributed by atoms with Gasteiger partial charge in [-0.3, -0.25) is 9.59 Å². The highest BCUT2D eigenvalue weighted by Gasteiger charge is 2.30. The fraction of sp³-hybridized carbons (Fsp3) is 0.292. The standard InChI is InChI=1S/2C19H20O.C10H14/c1-3-13(2)15-9-10-16-18(11-15)17(12-19(16)20)14-7-5-4-6-8-14;1-3-15(2)17-10-12-18(13-11-17)19(20)14-9-16-7-5-4-6-8-16;1-3-9(2)10-7-5-4-6-8-10/h4-11,13,17H,3,12H2,1-2H3;4-15H,3H2,1-2H3;4-9H,3H2,1-2H3/b;14-9+;. The third kappa shape index (κ3) is 10.6. The van der Waals surface area contributed by atoms with Crippen molar-refractivity contribution in [2.24, 2.45) is 0 Å². The van der Waals surface area contributed by atoms with Crippen molar-refractivity contribution in [3.8, 4) is 0 Å². The van der Waals surface area contributed by atoms with Crippen LogP contribution in [-0.2, 0) is 0 Å². The molecule has 258 valence electrons. The van der Waals surface area contributed by atoms with Gasteiger partial charge in [-0.2, -0.15) is 0 Å². The molecule has 2 heteroatoms. The summed E-state index contributed by atoms with van der Waals surface area (Å²) in [4.78, 5) is 24.3. The number of ketones is 2. The topological polar surface area (TPSA) is 34.1 Å². The first-order valence-corrected chi connectivity index (χ1v) is 18.4. The molecular formula is C48H54O2. The van der Waals surface area contributed by atoms with Gasteiger partial charge in [0.05, 0.1) is 0 Å². The van der Waals surface area contributed by atoms with Crippen molar-refractivity contribution in [3.05, 3.63) is 184 Å². The van der Waals surface area contributed by atoms with E-state index in [1.807, 2.05) is 60.7 Å². The number of allylic oxidation sites excluding steroid dienone is 1. The maximum atomic E-state index is 12.2. The lowest BCUT2D eigenvalue weighted by atomic mass is 9.89. The van der Waals surface area contributed by atoms with E-state index in [2.05, 4.69) is 120 Å². The summed E-state index contributed by atoms with van der Waals surface area (Å²) in [7, 11) is 0. The Morgan fingerprint density at radius 2 is 1.10 bits per heavy atom. The van der Waals surface area contributed by atoms with Gasteiger partial charge in [-0.05, 0) is 76.5 Å². The SMILES string of the molecule is CCC(C)c1ccc(C(=O)/C=C/c2ccccc2)cc1.CCC(C)c1ccc2c(c1)C(c1ccccc1)CC2=O.CCC(C)c1ccccc1. The van der Waals surface area contributed by atoms with Crippen molar-refractivity contribution in [1.29, 1.82) is 0 Å². The molecule has 0 spiro atoms. The zero-order valence-corrected chi connectivity index (χ0v) is 30.8. The molecule has 0 aromatic heterocycles. The van der Waals surface area contributed by atoms with Gasteiger partial charge in [-0.15, -0.1) is 0 Å². The van der Waals surface area contributed by atoms with Crippen LogP contribution in [0.4, 0.5) is 0 Å². The first-order chi connectivity index (χ1) is 24.2. The first-order valence-electron chi connectivity index (χ1n) is 18.4. The van der Waals surface area contributed by atoms with Crippen LogP contribution in [0.2, 0.25) is 0 Å². The molecule has 5 aromatic rings. The average Bonchev–Trinajstić information content (AvgIpc) is 3.52. The zero-order valence-electron chi connectivity index (χ0n) is 30.8. The molecule has 0 bridgehead atoms. The number of rotatable bonds is 10. The minimum absolute atomic E-state index is 0.0459. The van der Waals surface area contributed by atoms with Crippen LogP contribution in [0.3, 0.4) is 0 Å². The molecule has 0 heterocycles. The largest absolute Gasteiger partial charge is 0.294 e. The summed E-state index contributed by atoms with van der Waals surface area (Å²) < 4.78 is 0. The molecule has 0 fully saturated rings. The molecule has 2 nitrogen and oxygen atoms in total. The second-order valence-corrected chi connectivity index (χ2v) is 13.5. The Bertz CT molecular complexity index is 1790. The quantitative estimate of drug-likeness (QED) is 0.110. The van der Waals surface area contributed by atoms with Crippen molar-refractivity contribution >= 4 is 17.6 Å². The van der Waals surface area contributed by atoms with Crippen LogP contribution in [0.5, 0.6) is 0 Å². The maximum Gasteiger partial charge on any atom is 0.185 e. The molecule has 0 saturated carbocycles. The molecular weight excluding hydrogens is 609 g/mol. The predicted molar refractivity (Wildman–Crippen MR) is 212 cm³/mol. The lowest BCUT2D eigenvalue weighted by Crippen LogP contribution is -1.98. The Morgan fingerprint density at radius 3 is 1.66 bits per heavy atom. The molecule has 4 unspecified atom stereocenters. The van der Waals surface area contributed by atoms with E-state index < -0.39 is 0 Å². The number of Topliss-reactive ketones (excluding diaryl/α,β-unsaturated/α-hetero) is 1. The molecule has 5 aromatic carbocycles. The van der Waals surface area contributed by atoms with Gasteiger partial charge in [0.2, 0.25) is 0 Å². The molecule has 0 aliphatic heterocycles. The van der Waals surface area contributed by atoms with Crippen LogP contribution in [0.25, 0.3) is 6.08 Å². The predicted octanol–water partition coefficient (Wildman–Crippen LogP) is 13.2. The summed E-state index contributed by atoms with van der Waals surface area (Å²) in [6, 6.07) is 45.2. The normalized spacial score (nSPS) is 15.2. The van der Waals surface area contributed by atoms with Gasteiger partial charge in [-0.25, -0.2) is 0 Å². The number of hydrogen-bond donors (Lipinski definition) is 0. The third-order valence-electron chi connectivity index (χ3n) is 10.1. The van der Waals surface area contributed by atoms with Crippen molar-refractivity contribution in [2.75, 3.05) is 0 Å². The molecule has 50 heavy (non-hydrogen) atoms. The fourth-order valence-electron chi connectivity index (χ4n) is 6.11. The van der Waals surface area contributed by atoms with Crippen molar-refractivity contribution in [2.45, 2.75) is 90.9 Å². The highest BCUT2D eigenvalue weighted by atomic mass is 16.1. The van der Waals surface area contributed by atoms with Gasteiger partial charge in [0.15, 0.2) is 11.6 Å². The van der Waals surface area contributed by atoms with Gasteiger partial charge in [-0.1, -0.05) is 181 Å². The summed E-state index contributed by atoms with van der Waals surface area (Å²) in [5, 5.41) is 0. The molecule has 1 aliphatic rings. The summed E-state index contributed by atoms with van der Waals surface area (Å²) in [5.41, 5.74) is 9.26. The Kier molecular flexibility index (Phi) is 14.7. The second kappa shape index (κ2) is 19.4. The van der Waals surface area contributed by atoms with E-state index in [0.717, 1.165) is 29.5 Å². The molecule has 0 amide bonds. The van der Waals surface area contributed by atoms with Gasteiger partial charge in [0.1, 0.15) is 0 Å². The Hall–Kier alpha value is -4.82. The Balaban J connectivity index is 0.000000178. The first kappa shape index (κ1) is 38.0. The highest BCUT2D eigenvalue weighted by Crippen LogP contribution is 2.39. The van der Waals surface area contributed by atoms with E-state index >= 15 is 0 Å². The van der Waals surface area contributed by atoms with Crippen LogP contribution >= 0.6 is 0 Å². The van der Waals surface area contributed by atoms with E-state index in [0.29, 0.717) is 24.2 Å². The summed E-state index contributed by atoms with van der Waals surface area (Å²) >= 11 is 0.